The molecule has 0 bridgehead atoms. The van der Waals surface area contributed by atoms with Gasteiger partial charge in [0, 0.05) is 60.8 Å². The van der Waals surface area contributed by atoms with Gasteiger partial charge in [0.05, 0.1) is 12.1 Å². The first-order chi connectivity index (χ1) is 23.3. The van der Waals surface area contributed by atoms with Gasteiger partial charge in [-0.3, -0.25) is 14.7 Å². The van der Waals surface area contributed by atoms with Crippen LogP contribution >= 0.6 is 0 Å². The van der Waals surface area contributed by atoms with Crippen molar-refractivity contribution in [3.05, 3.63) is 127 Å². The minimum Gasteiger partial charge on any atom is -0.382 e. The molecule has 0 spiro atoms. The van der Waals surface area contributed by atoms with Gasteiger partial charge in [0.15, 0.2) is 0 Å². The number of hydrogen-bond acceptors (Lipinski definition) is 7. The van der Waals surface area contributed by atoms with Crippen LogP contribution in [0.4, 0.5) is 13.2 Å². The van der Waals surface area contributed by atoms with Crippen molar-refractivity contribution in [2.75, 3.05) is 19.6 Å². The van der Waals surface area contributed by atoms with Crippen LogP contribution in [0.3, 0.4) is 0 Å². The van der Waals surface area contributed by atoms with Crippen molar-refractivity contribution in [2.24, 2.45) is 0 Å². The maximum absolute atomic E-state index is 14.9. The molecular formula is C35H31F3N8O2. The first-order valence-corrected chi connectivity index (χ1v) is 15.5. The Hall–Kier alpha value is -5.40. The van der Waals surface area contributed by atoms with E-state index in [9.17, 15) is 23.1 Å². The number of likely N-dealkylation sites (tertiary alicyclic amines) is 1. The first-order valence-electron chi connectivity index (χ1n) is 15.5. The number of nitrogens with one attached hydrogen (secondary N) is 1. The Bertz CT molecular complexity index is 2050. The normalized spacial score (nSPS) is 15.4. The molecule has 1 unspecified atom stereocenters. The lowest BCUT2D eigenvalue weighted by Gasteiger charge is -2.38. The monoisotopic (exact) mass is 652 g/mol. The lowest BCUT2D eigenvalue weighted by atomic mass is 9.91. The molecule has 7 rings (SSSR count). The van der Waals surface area contributed by atoms with Gasteiger partial charge in [-0.05, 0) is 73.0 Å². The van der Waals surface area contributed by atoms with E-state index in [1.807, 2.05) is 23.1 Å². The zero-order valence-electron chi connectivity index (χ0n) is 25.7. The van der Waals surface area contributed by atoms with E-state index in [2.05, 4.69) is 20.4 Å². The van der Waals surface area contributed by atoms with E-state index >= 15 is 0 Å². The fraction of sp³-hybridized carbons (Fsp3) is 0.229. The van der Waals surface area contributed by atoms with E-state index in [1.165, 1.54) is 35.5 Å². The molecule has 1 fully saturated rings. The van der Waals surface area contributed by atoms with Crippen molar-refractivity contribution in [1.82, 2.24) is 39.6 Å². The summed E-state index contributed by atoms with van der Waals surface area (Å²) in [5.74, 6) is -2.24. The van der Waals surface area contributed by atoms with Crippen LogP contribution in [0.1, 0.15) is 28.9 Å². The molecule has 0 aliphatic carbocycles. The summed E-state index contributed by atoms with van der Waals surface area (Å²) >= 11 is 0. The number of pyridine rings is 2. The minimum absolute atomic E-state index is 0.0340. The fourth-order valence-corrected chi connectivity index (χ4v) is 6.39. The van der Waals surface area contributed by atoms with E-state index in [-0.39, 0.29) is 36.4 Å². The number of aliphatic hydroxyl groups is 1. The summed E-state index contributed by atoms with van der Waals surface area (Å²) in [5.41, 5.74) is 2.26. The maximum atomic E-state index is 14.9. The molecule has 5 heterocycles. The van der Waals surface area contributed by atoms with Crippen molar-refractivity contribution in [3.8, 4) is 22.4 Å². The molecule has 0 saturated carbocycles. The molecule has 1 atom stereocenters. The molecule has 244 valence electrons. The number of hydrogen-bond donors (Lipinski definition) is 2. The number of β-amino-alcohol motifs (C(OH)–C–C–N with tert-alkyl or cyclic N) is 1. The molecule has 13 heteroatoms. The van der Waals surface area contributed by atoms with Crippen LogP contribution in [-0.4, -0.2) is 71.0 Å². The third-order valence-corrected chi connectivity index (χ3v) is 8.71. The van der Waals surface area contributed by atoms with Crippen molar-refractivity contribution in [2.45, 2.75) is 31.0 Å². The number of benzene rings is 2. The van der Waals surface area contributed by atoms with Crippen LogP contribution in [-0.2, 0) is 12.1 Å². The van der Waals surface area contributed by atoms with Gasteiger partial charge >= 0.3 is 0 Å². The zero-order valence-corrected chi connectivity index (χ0v) is 25.7. The molecule has 0 radical (unpaired) electrons. The average Bonchev–Trinajstić information content (AvgIpc) is 3.74. The minimum atomic E-state index is -1.72. The van der Waals surface area contributed by atoms with Crippen molar-refractivity contribution in [3.63, 3.8) is 0 Å². The summed E-state index contributed by atoms with van der Waals surface area (Å²) < 4.78 is 45.4. The van der Waals surface area contributed by atoms with Crippen molar-refractivity contribution >= 4 is 11.4 Å². The Morgan fingerprint density at radius 1 is 0.896 bits per heavy atom. The number of carbonyl (C=O) groups is 1. The second-order valence-electron chi connectivity index (χ2n) is 11.9. The standard InChI is InChI=1S/C35H31F3N8O2/c36-25-6-4-24(5-7-25)33-32(23-10-14-39-15-11-23)30-2-1-3-31(46(30)43-33)34(47)42-27-12-16-44(17-13-27)19-35(48,20-45-22-40-21-41-45)28-9-8-26(37)18-29(28)38/h1-11,14-15,18,21-22,27,48H,12-13,16-17,19-20H2,(H,42,47). The highest BCUT2D eigenvalue weighted by Gasteiger charge is 2.37. The molecule has 2 aromatic carbocycles. The lowest BCUT2D eigenvalue weighted by molar-refractivity contribution is -0.0271. The third-order valence-electron chi connectivity index (χ3n) is 8.71. The highest BCUT2D eigenvalue weighted by molar-refractivity contribution is 5.97. The molecule has 2 N–H and O–H groups in total. The summed E-state index contributed by atoms with van der Waals surface area (Å²) in [4.78, 5) is 23.8. The molecule has 1 saturated heterocycles. The molecular weight excluding hydrogens is 621 g/mol. The van der Waals surface area contributed by atoms with Gasteiger partial charge in [0.1, 0.15) is 47.1 Å². The molecule has 6 aromatic rings. The number of nitrogens with zero attached hydrogens (tertiary/aromatic N) is 7. The summed E-state index contributed by atoms with van der Waals surface area (Å²) in [5, 5.41) is 23.8. The van der Waals surface area contributed by atoms with Gasteiger partial charge in [-0.1, -0.05) is 12.1 Å². The number of piperidine rings is 1. The predicted octanol–water partition coefficient (Wildman–Crippen LogP) is 4.85. The van der Waals surface area contributed by atoms with E-state index in [0.717, 1.165) is 23.3 Å². The van der Waals surface area contributed by atoms with Crippen LogP contribution in [0, 0.1) is 17.5 Å². The first kappa shape index (κ1) is 31.2. The molecule has 10 nitrogen and oxygen atoms in total. The van der Waals surface area contributed by atoms with Gasteiger partial charge in [-0.2, -0.15) is 10.2 Å². The van der Waals surface area contributed by atoms with Gasteiger partial charge in [-0.25, -0.2) is 27.4 Å². The number of aromatic nitrogens is 6. The van der Waals surface area contributed by atoms with Gasteiger partial charge < -0.3 is 10.4 Å². The van der Waals surface area contributed by atoms with Crippen LogP contribution in [0.15, 0.2) is 97.8 Å². The fourth-order valence-electron chi connectivity index (χ4n) is 6.39. The highest BCUT2D eigenvalue weighted by atomic mass is 19.1. The quantitative estimate of drug-likeness (QED) is 0.230. The van der Waals surface area contributed by atoms with E-state index in [1.54, 1.807) is 41.2 Å². The van der Waals surface area contributed by atoms with Crippen LogP contribution in [0.25, 0.3) is 27.9 Å². The third kappa shape index (κ3) is 6.29. The zero-order chi connectivity index (χ0) is 33.3. The summed E-state index contributed by atoms with van der Waals surface area (Å²) in [7, 11) is 0. The number of rotatable bonds is 9. The molecule has 1 amide bonds. The van der Waals surface area contributed by atoms with Gasteiger partial charge in [0.25, 0.3) is 5.91 Å². The second-order valence-corrected chi connectivity index (χ2v) is 11.9. The number of carbonyl (C=O) groups excluding carboxylic acids is 1. The van der Waals surface area contributed by atoms with Crippen molar-refractivity contribution < 1.29 is 23.1 Å². The molecule has 1 aliphatic rings. The van der Waals surface area contributed by atoms with Crippen LogP contribution in [0.2, 0.25) is 0 Å². The summed E-state index contributed by atoms with van der Waals surface area (Å²) in [6, 6.07) is 18.2. The second kappa shape index (κ2) is 13.0. The topological polar surface area (TPSA) is 113 Å². The Morgan fingerprint density at radius 2 is 1.65 bits per heavy atom. The van der Waals surface area contributed by atoms with Crippen molar-refractivity contribution in [1.29, 1.82) is 0 Å². The number of fused-ring (bicyclic) bond motifs is 1. The number of halogens is 3. The largest absolute Gasteiger partial charge is 0.382 e. The molecule has 1 aliphatic heterocycles. The van der Waals surface area contributed by atoms with E-state index in [0.29, 0.717) is 48.4 Å². The predicted molar refractivity (Wildman–Crippen MR) is 171 cm³/mol. The van der Waals surface area contributed by atoms with E-state index in [4.69, 9.17) is 5.10 Å². The average molecular weight is 653 g/mol. The lowest BCUT2D eigenvalue weighted by Crippen LogP contribution is -2.50. The smallest absolute Gasteiger partial charge is 0.270 e. The van der Waals surface area contributed by atoms with Crippen LogP contribution in [0.5, 0.6) is 0 Å². The molecule has 4 aromatic heterocycles. The SMILES string of the molecule is O=C(NC1CCN(CC(O)(Cn2cncn2)c2ccc(F)cc2F)CC1)c1cccc2c(-c3ccncc3)c(-c3ccc(F)cc3)nn12. The number of amides is 1. The molecule has 48 heavy (non-hydrogen) atoms. The van der Waals surface area contributed by atoms with Gasteiger partial charge in [-0.15, -0.1) is 0 Å². The Labute approximate surface area is 273 Å². The summed E-state index contributed by atoms with van der Waals surface area (Å²) in [6.45, 7) is 1.01. The van der Waals surface area contributed by atoms with E-state index < -0.39 is 17.2 Å². The van der Waals surface area contributed by atoms with Crippen LogP contribution < -0.4 is 5.32 Å². The Balaban J connectivity index is 1.09. The Morgan fingerprint density at radius 3 is 2.35 bits per heavy atom. The maximum Gasteiger partial charge on any atom is 0.270 e. The highest BCUT2D eigenvalue weighted by Crippen LogP contribution is 2.36. The summed E-state index contributed by atoms with van der Waals surface area (Å²) in [6.07, 6.45) is 7.27. The Kier molecular flexibility index (Phi) is 8.46. The van der Waals surface area contributed by atoms with Gasteiger partial charge in [0.2, 0.25) is 0 Å².